The van der Waals surface area contributed by atoms with Crippen molar-refractivity contribution in [3.63, 3.8) is 0 Å². The topological polar surface area (TPSA) is 70.6 Å². The predicted octanol–water partition coefficient (Wildman–Crippen LogP) is 5.11. The summed E-state index contributed by atoms with van der Waals surface area (Å²) < 4.78 is 44.4. The molecule has 0 saturated carbocycles. The highest BCUT2D eigenvalue weighted by molar-refractivity contribution is 7.98. The molecule has 1 aliphatic rings. The van der Waals surface area contributed by atoms with Gasteiger partial charge >= 0.3 is 6.18 Å². The zero-order valence-electron chi connectivity index (χ0n) is 22.2. The number of hydrogen-bond donors (Lipinski definition) is 1. The summed E-state index contributed by atoms with van der Waals surface area (Å²) in [6.07, 6.45) is -4.36. The van der Waals surface area contributed by atoms with Crippen LogP contribution in [0.25, 0.3) is 0 Å². The number of alkyl halides is 3. The van der Waals surface area contributed by atoms with Crippen molar-refractivity contribution in [2.45, 2.75) is 30.9 Å². The lowest BCUT2D eigenvalue weighted by Gasteiger charge is -2.37. The van der Waals surface area contributed by atoms with Gasteiger partial charge in [-0.25, -0.2) is 9.97 Å². The molecular weight excluding hydrogens is 527 g/mol. The van der Waals surface area contributed by atoms with Crippen molar-refractivity contribution in [3.8, 4) is 0 Å². The summed E-state index contributed by atoms with van der Waals surface area (Å²) in [7, 11) is 1.59. The van der Waals surface area contributed by atoms with E-state index >= 15 is 0 Å². The third-order valence-corrected chi connectivity index (χ3v) is 7.56. The summed E-state index contributed by atoms with van der Waals surface area (Å²) in [5.41, 5.74) is 3.48. The number of aryl methyl sites for hydroxylation is 1. The molecule has 1 saturated heterocycles. The lowest BCUT2D eigenvalue weighted by atomic mass is 10.1. The van der Waals surface area contributed by atoms with Crippen LogP contribution in [0.4, 0.5) is 24.7 Å². The van der Waals surface area contributed by atoms with Crippen molar-refractivity contribution in [1.29, 1.82) is 0 Å². The first-order valence-electron chi connectivity index (χ1n) is 12.7. The van der Waals surface area contributed by atoms with Crippen LogP contribution < -0.4 is 15.1 Å². The molecule has 0 unspecified atom stereocenters. The molecule has 0 aliphatic carbocycles. The van der Waals surface area contributed by atoms with Crippen molar-refractivity contribution in [3.05, 3.63) is 76.5 Å². The fourth-order valence-corrected chi connectivity index (χ4v) is 5.13. The van der Waals surface area contributed by atoms with E-state index in [4.69, 9.17) is 9.72 Å². The fraction of sp³-hybridized carbons (Fsp3) is 0.393. The number of hydrogen-bond acceptors (Lipinski definition) is 7. The van der Waals surface area contributed by atoms with E-state index in [1.54, 1.807) is 25.3 Å². The van der Waals surface area contributed by atoms with Crippen LogP contribution in [0.2, 0.25) is 0 Å². The molecule has 0 atom stereocenters. The molecule has 4 rings (SSSR count). The van der Waals surface area contributed by atoms with Gasteiger partial charge in [-0.3, -0.25) is 4.79 Å². The molecule has 208 valence electrons. The lowest BCUT2D eigenvalue weighted by molar-refractivity contribution is -0.137. The number of nitrogens with one attached hydrogen (secondary N) is 1. The van der Waals surface area contributed by atoms with Gasteiger partial charge in [-0.1, -0.05) is 30.0 Å². The van der Waals surface area contributed by atoms with Gasteiger partial charge in [-0.2, -0.15) is 13.2 Å². The van der Waals surface area contributed by atoms with Gasteiger partial charge in [-0.15, -0.1) is 0 Å². The third kappa shape index (κ3) is 7.42. The Balaban J connectivity index is 1.38. The second-order valence-electron chi connectivity index (χ2n) is 9.30. The van der Waals surface area contributed by atoms with Gasteiger partial charge in [0, 0.05) is 68.1 Å². The summed E-state index contributed by atoms with van der Waals surface area (Å²) in [6, 6.07) is 12.9. The normalized spacial score (nSPS) is 14.0. The van der Waals surface area contributed by atoms with Gasteiger partial charge in [0.1, 0.15) is 5.82 Å². The number of ether oxygens (including phenoxy) is 1. The van der Waals surface area contributed by atoms with E-state index in [1.807, 2.05) is 30.9 Å². The fourth-order valence-electron chi connectivity index (χ4n) is 4.29. The van der Waals surface area contributed by atoms with Crippen LogP contribution in [-0.2, 0) is 16.7 Å². The van der Waals surface area contributed by atoms with Crippen molar-refractivity contribution in [2.75, 3.05) is 56.2 Å². The molecule has 0 radical (unpaired) electrons. The number of methoxy groups -OCH3 is 1. The molecule has 1 N–H and O–H groups in total. The Morgan fingerprint density at radius 1 is 1.03 bits per heavy atom. The van der Waals surface area contributed by atoms with Gasteiger partial charge in [0.15, 0.2) is 5.16 Å². The molecule has 3 aromatic rings. The zero-order valence-corrected chi connectivity index (χ0v) is 23.0. The van der Waals surface area contributed by atoms with Crippen LogP contribution in [0.5, 0.6) is 0 Å². The van der Waals surface area contributed by atoms with E-state index in [0.29, 0.717) is 61.5 Å². The highest BCUT2D eigenvalue weighted by Gasteiger charge is 2.31. The molecule has 1 fully saturated rings. The van der Waals surface area contributed by atoms with Crippen LogP contribution in [0.1, 0.15) is 32.7 Å². The van der Waals surface area contributed by atoms with Gasteiger partial charge in [0.25, 0.3) is 5.91 Å². The first-order chi connectivity index (χ1) is 18.7. The van der Waals surface area contributed by atoms with E-state index in [-0.39, 0.29) is 5.91 Å². The number of benzene rings is 2. The van der Waals surface area contributed by atoms with Crippen LogP contribution in [0, 0.1) is 13.8 Å². The average Bonchev–Trinajstić information content (AvgIpc) is 2.93. The molecule has 2 aromatic carbocycles. The number of anilines is 2. The highest BCUT2D eigenvalue weighted by atomic mass is 32.2. The van der Waals surface area contributed by atoms with Crippen molar-refractivity contribution in [1.82, 2.24) is 15.3 Å². The van der Waals surface area contributed by atoms with Gasteiger partial charge in [-0.05, 0) is 49.7 Å². The number of nitrogens with zero attached hydrogens (tertiary/aromatic N) is 4. The summed E-state index contributed by atoms with van der Waals surface area (Å²) in [6.45, 7) is 7.35. The Morgan fingerprint density at radius 3 is 2.38 bits per heavy atom. The molecule has 1 amide bonds. The quantitative estimate of drug-likeness (QED) is 0.222. The van der Waals surface area contributed by atoms with E-state index in [1.165, 1.54) is 23.9 Å². The van der Waals surface area contributed by atoms with Crippen LogP contribution >= 0.6 is 11.8 Å². The molecule has 0 bridgehead atoms. The number of piperazine rings is 1. The molecule has 11 heteroatoms. The van der Waals surface area contributed by atoms with E-state index in [0.717, 1.165) is 28.7 Å². The van der Waals surface area contributed by atoms with Crippen molar-refractivity contribution < 1.29 is 22.7 Å². The molecule has 1 aliphatic heterocycles. The maximum Gasteiger partial charge on any atom is 0.416 e. The second-order valence-corrected chi connectivity index (χ2v) is 10.2. The largest absolute Gasteiger partial charge is 0.416 e. The smallest absolute Gasteiger partial charge is 0.383 e. The van der Waals surface area contributed by atoms with Crippen molar-refractivity contribution >= 4 is 29.2 Å². The molecule has 7 nitrogen and oxygen atoms in total. The molecule has 0 spiro atoms. The summed E-state index contributed by atoms with van der Waals surface area (Å²) in [5, 5.41) is 3.47. The standard InChI is InChI=1S/C28H32F3N5O2S/c1-19-20(2)33-27(39-18-21-7-9-22(10-8-21)26(37)32-11-16-38-3)34-25(19)36-14-12-35(13-15-36)24-6-4-5-23(17-24)28(29,30)31/h4-10,17H,11-16,18H2,1-3H3,(H,32,37). The number of aromatic nitrogens is 2. The van der Waals surface area contributed by atoms with Crippen LogP contribution in [0.3, 0.4) is 0 Å². The van der Waals surface area contributed by atoms with Gasteiger partial charge in [0.2, 0.25) is 0 Å². The minimum atomic E-state index is -4.36. The van der Waals surface area contributed by atoms with Gasteiger partial charge < -0.3 is 19.9 Å². The third-order valence-electron chi connectivity index (χ3n) is 6.64. The Bertz CT molecular complexity index is 1280. The molecule has 2 heterocycles. The first kappa shape index (κ1) is 28.7. The van der Waals surface area contributed by atoms with E-state index in [9.17, 15) is 18.0 Å². The molecule has 1 aromatic heterocycles. The minimum Gasteiger partial charge on any atom is -0.383 e. The number of carbonyl (C=O) groups excluding carboxylic acids is 1. The molecule has 39 heavy (non-hydrogen) atoms. The Labute approximate surface area is 230 Å². The average molecular weight is 560 g/mol. The summed E-state index contributed by atoms with van der Waals surface area (Å²) >= 11 is 1.52. The van der Waals surface area contributed by atoms with Gasteiger partial charge in [0.05, 0.1) is 12.2 Å². The number of halogens is 3. The number of amides is 1. The maximum absolute atomic E-state index is 13.1. The monoisotopic (exact) mass is 559 g/mol. The Hall–Kier alpha value is -3.31. The zero-order chi connectivity index (χ0) is 28.0. The van der Waals surface area contributed by atoms with Crippen molar-refractivity contribution in [2.24, 2.45) is 0 Å². The SMILES string of the molecule is COCCNC(=O)c1ccc(CSc2nc(C)c(C)c(N3CCN(c4cccc(C(F)(F)F)c4)CC3)n2)cc1. The predicted molar refractivity (Wildman–Crippen MR) is 148 cm³/mol. The van der Waals surface area contributed by atoms with Crippen LogP contribution in [0.15, 0.2) is 53.7 Å². The number of thioether (sulfide) groups is 1. The van der Waals surface area contributed by atoms with E-state index < -0.39 is 11.7 Å². The minimum absolute atomic E-state index is 0.137. The Kier molecular flexibility index (Phi) is 9.34. The highest BCUT2D eigenvalue weighted by Crippen LogP contribution is 2.32. The summed E-state index contributed by atoms with van der Waals surface area (Å²) in [4.78, 5) is 25.8. The first-order valence-corrected chi connectivity index (χ1v) is 13.7. The Morgan fingerprint density at radius 2 is 1.72 bits per heavy atom. The molecular formula is C28H32F3N5O2S. The number of carbonyl (C=O) groups is 1. The summed E-state index contributed by atoms with van der Waals surface area (Å²) in [5.74, 6) is 1.37. The van der Waals surface area contributed by atoms with E-state index in [2.05, 4.69) is 15.2 Å². The van der Waals surface area contributed by atoms with Crippen LogP contribution in [-0.4, -0.2) is 62.3 Å². The lowest BCUT2D eigenvalue weighted by Crippen LogP contribution is -2.47. The second kappa shape index (κ2) is 12.7. The number of rotatable bonds is 9. The maximum atomic E-state index is 13.1.